The Morgan fingerprint density at radius 3 is 3.07 bits per heavy atom. The summed E-state index contributed by atoms with van der Waals surface area (Å²) in [6.45, 7) is 0.818. The molecule has 14 heavy (non-hydrogen) atoms. The smallest absolute Gasteiger partial charge is 0.139 e. The molecular weight excluding hydrogens is 170 g/mol. The molecule has 1 heteroatoms. The summed E-state index contributed by atoms with van der Waals surface area (Å²) in [4.78, 5) is 1.44. The summed E-state index contributed by atoms with van der Waals surface area (Å²) in [6.07, 6.45) is 7.80. The second-order valence-electron chi connectivity index (χ2n) is 4.02. The molecule has 0 aliphatic heterocycles. The van der Waals surface area contributed by atoms with E-state index in [1.54, 1.807) is 0 Å². The number of benzene rings is 1. The number of rotatable bonds is 2. The molecular formula is C13H16N+. The van der Waals surface area contributed by atoms with Gasteiger partial charge in [-0.15, -0.1) is 6.42 Å². The topological polar surface area (TPSA) is 4.44 Å². The Kier molecular flexibility index (Phi) is 2.56. The van der Waals surface area contributed by atoms with Gasteiger partial charge in [0.1, 0.15) is 12.6 Å². The molecule has 0 saturated heterocycles. The second-order valence-corrected chi connectivity index (χ2v) is 4.02. The predicted octanol–water partition coefficient (Wildman–Crippen LogP) is 0.822. The van der Waals surface area contributed by atoms with Crippen LogP contribution in [0, 0.1) is 12.3 Å². The van der Waals surface area contributed by atoms with Crippen LogP contribution < -0.4 is 4.90 Å². The molecule has 0 heterocycles. The van der Waals surface area contributed by atoms with Crippen LogP contribution in [0.4, 0.5) is 0 Å². The first-order valence-electron chi connectivity index (χ1n) is 5.16. The average molecular weight is 186 g/mol. The average Bonchev–Trinajstić information content (AvgIpc) is 2.61. The lowest BCUT2D eigenvalue weighted by Gasteiger charge is -2.19. The van der Waals surface area contributed by atoms with Gasteiger partial charge >= 0.3 is 0 Å². The van der Waals surface area contributed by atoms with E-state index < -0.39 is 0 Å². The fourth-order valence-corrected chi connectivity index (χ4v) is 2.35. The Bertz CT molecular complexity index is 362. The van der Waals surface area contributed by atoms with Crippen LogP contribution in [-0.4, -0.2) is 13.6 Å². The van der Waals surface area contributed by atoms with Gasteiger partial charge in [-0.1, -0.05) is 24.3 Å². The molecule has 1 unspecified atom stereocenters. The molecule has 0 fully saturated rings. The maximum absolute atomic E-state index is 5.35. The van der Waals surface area contributed by atoms with E-state index in [1.807, 2.05) is 0 Å². The summed E-state index contributed by atoms with van der Waals surface area (Å²) >= 11 is 0. The van der Waals surface area contributed by atoms with Crippen molar-refractivity contribution in [2.75, 3.05) is 13.6 Å². The molecule has 1 aromatic carbocycles. The van der Waals surface area contributed by atoms with Crippen LogP contribution in [0.15, 0.2) is 24.3 Å². The zero-order chi connectivity index (χ0) is 9.97. The van der Waals surface area contributed by atoms with Gasteiger partial charge in [-0.3, -0.25) is 0 Å². The van der Waals surface area contributed by atoms with Crippen LogP contribution in [0.5, 0.6) is 0 Å². The van der Waals surface area contributed by atoms with Gasteiger partial charge in [0.05, 0.1) is 7.05 Å². The summed E-state index contributed by atoms with van der Waals surface area (Å²) in [6, 6.07) is 9.34. The Labute approximate surface area is 85.7 Å². The van der Waals surface area contributed by atoms with Gasteiger partial charge in [0, 0.05) is 12.0 Å². The molecule has 0 amide bonds. The van der Waals surface area contributed by atoms with Crippen LogP contribution in [0.3, 0.4) is 0 Å². The van der Waals surface area contributed by atoms with E-state index >= 15 is 0 Å². The SMILES string of the molecule is C#CC[NH+](C)[C@@H]1CCc2ccccc21. The number of nitrogens with one attached hydrogen (secondary N) is 1. The molecule has 0 bridgehead atoms. The van der Waals surface area contributed by atoms with Crippen molar-refractivity contribution in [2.24, 2.45) is 0 Å². The molecule has 1 nitrogen and oxygen atoms in total. The first kappa shape index (κ1) is 9.30. The van der Waals surface area contributed by atoms with Crippen molar-refractivity contribution in [1.82, 2.24) is 0 Å². The highest BCUT2D eigenvalue weighted by atomic mass is 15.1. The molecule has 1 aliphatic rings. The second kappa shape index (κ2) is 3.86. The van der Waals surface area contributed by atoms with Gasteiger partial charge in [-0.05, 0) is 17.9 Å². The molecule has 2 atom stereocenters. The summed E-state index contributed by atoms with van der Waals surface area (Å²) in [5, 5.41) is 0. The van der Waals surface area contributed by atoms with E-state index in [2.05, 4.69) is 37.2 Å². The summed E-state index contributed by atoms with van der Waals surface area (Å²) in [5.41, 5.74) is 3.01. The maximum Gasteiger partial charge on any atom is 0.139 e. The Morgan fingerprint density at radius 1 is 1.50 bits per heavy atom. The highest BCUT2D eigenvalue weighted by Gasteiger charge is 2.27. The third kappa shape index (κ3) is 1.54. The number of quaternary nitrogens is 1. The van der Waals surface area contributed by atoms with Gasteiger partial charge < -0.3 is 4.90 Å². The first-order chi connectivity index (χ1) is 6.83. The summed E-state index contributed by atoms with van der Waals surface area (Å²) < 4.78 is 0. The van der Waals surface area contributed by atoms with Crippen LogP contribution >= 0.6 is 0 Å². The van der Waals surface area contributed by atoms with E-state index in [-0.39, 0.29) is 0 Å². The van der Waals surface area contributed by atoms with Crippen molar-refractivity contribution in [3.8, 4) is 12.3 Å². The summed E-state index contributed by atoms with van der Waals surface area (Å²) in [5.74, 6) is 2.74. The van der Waals surface area contributed by atoms with E-state index in [1.165, 1.54) is 28.9 Å². The summed E-state index contributed by atoms with van der Waals surface area (Å²) in [7, 11) is 2.19. The number of terminal acetylenes is 1. The van der Waals surface area contributed by atoms with Gasteiger partial charge in [0.25, 0.3) is 0 Å². The zero-order valence-corrected chi connectivity index (χ0v) is 8.59. The molecule has 0 saturated carbocycles. The normalized spacial score (nSPS) is 21.3. The highest BCUT2D eigenvalue weighted by Crippen LogP contribution is 2.28. The molecule has 72 valence electrons. The standard InChI is InChI=1S/C13H15N/c1-3-10-14(2)13-9-8-11-6-4-5-7-12(11)13/h1,4-7,13H,8-10H2,2H3/p+1/t13-/m1/s1. The first-order valence-corrected chi connectivity index (χ1v) is 5.16. The molecule has 0 spiro atoms. The lowest BCUT2D eigenvalue weighted by Crippen LogP contribution is -3.09. The Hall–Kier alpha value is -1.26. The van der Waals surface area contributed by atoms with E-state index in [9.17, 15) is 0 Å². The third-order valence-corrected chi connectivity index (χ3v) is 3.11. The predicted molar refractivity (Wildman–Crippen MR) is 58.1 cm³/mol. The van der Waals surface area contributed by atoms with Crippen molar-refractivity contribution in [3.63, 3.8) is 0 Å². The van der Waals surface area contributed by atoms with Crippen LogP contribution in [-0.2, 0) is 6.42 Å². The Balaban J connectivity index is 2.22. The molecule has 0 radical (unpaired) electrons. The lowest BCUT2D eigenvalue weighted by molar-refractivity contribution is -0.904. The maximum atomic E-state index is 5.35. The minimum absolute atomic E-state index is 0.613. The molecule has 1 aromatic rings. The molecule has 1 N–H and O–H groups in total. The van der Waals surface area contributed by atoms with Gasteiger partial charge in [-0.2, -0.15) is 0 Å². The van der Waals surface area contributed by atoms with Crippen molar-refractivity contribution in [3.05, 3.63) is 35.4 Å². The fourth-order valence-electron chi connectivity index (χ4n) is 2.35. The molecule has 0 aromatic heterocycles. The van der Waals surface area contributed by atoms with Gasteiger partial charge in [0.2, 0.25) is 0 Å². The molecule has 2 rings (SSSR count). The number of hydrogen-bond donors (Lipinski definition) is 1. The van der Waals surface area contributed by atoms with Gasteiger partial charge in [0.15, 0.2) is 0 Å². The highest BCUT2D eigenvalue weighted by molar-refractivity contribution is 5.32. The number of aryl methyl sites for hydroxylation is 1. The third-order valence-electron chi connectivity index (χ3n) is 3.11. The van der Waals surface area contributed by atoms with Crippen molar-refractivity contribution < 1.29 is 4.90 Å². The van der Waals surface area contributed by atoms with E-state index in [0.29, 0.717) is 6.04 Å². The van der Waals surface area contributed by atoms with Crippen LogP contribution in [0.25, 0.3) is 0 Å². The quantitative estimate of drug-likeness (QED) is 0.652. The van der Waals surface area contributed by atoms with Gasteiger partial charge in [-0.25, -0.2) is 0 Å². The minimum atomic E-state index is 0.613. The Morgan fingerprint density at radius 2 is 2.29 bits per heavy atom. The fraction of sp³-hybridized carbons (Fsp3) is 0.385. The largest absolute Gasteiger partial charge is 0.321 e. The van der Waals surface area contributed by atoms with Crippen LogP contribution in [0.2, 0.25) is 0 Å². The monoisotopic (exact) mass is 186 g/mol. The molecule has 1 aliphatic carbocycles. The zero-order valence-electron chi connectivity index (χ0n) is 8.59. The van der Waals surface area contributed by atoms with Crippen molar-refractivity contribution in [2.45, 2.75) is 18.9 Å². The number of hydrogen-bond acceptors (Lipinski definition) is 0. The van der Waals surface area contributed by atoms with E-state index in [4.69, 9.17) is 6.42 Å². The van der Waals surface area contributed by atoms with Crippen molar-refractivity contribution >= 4 is 0 Å². The minimum Gasteiger partial charge on any atom is -0.321 e. The lowest BCUT2D eigenvalue weighted by atomic mass is 10.1. The van der Waals surface area contributed by atoms with Crippen LogP contribution in [0.1, 0.15) is 23.6 Å². The van der Waals surface area contributed by atoms with E-state index in [0.717, 1.165) is 6.54 Å². The van der Waals surface area contributed by atoms with Crippen molar-refractivity contribution in [1.29, 1.82) is 0 Å². The number of fused-ring (bicyclic) bond motifs is 1.